The molecule has 3 unspecified atom stereocenters. The molecule has 2 aliphatic carbocycles. The minimum atomic E-state index is -1.35. The van der Waals surface area contributed by atoms with Gasteiger partial charge in [0.2, 0.25) is 11.8 Å². The summed E-state index contributed by atoms with van der Waals surface area (Å²) in [6, 6.07) is 26.7. The van der Waals surface area contributed by atoms with Crippen LogP contribution in [-0.2, 0) is 46.6 Å². The molecule has 1 aromatic heterocycles. The molecule has 0 radical (unpaired) electrons. The average Bonchev–Trinajstić information content (AvgIpc) is 3.92. The number of nitrogen functional groups attached to an aromatic ring is 1. The highest BCUT2D eigenvalue weighted by Gasteiger charge is 3.11. The smallest absolute Gasteiger partial charge is 0.412 e. The molecular formula is C47H46N4O10. The number of fused-ring (bicyclic) bond motifs is 2. The Labute approximate surface area is 352 Å². The number of piperidine rings is 1. The van der Waals surface area contributed by atoms with Crippen molar-refractivity contribution < 1.29 is 47.3 Å². The fraction of sp³-hybridized carbons (Fsp3) is 0.340. The van der Waals surface area contributed by atoms with Crippen molar-refractivity contribution in [1.29, 1.82) is 0 Å². The maximum atomic E-state index is 15.7. The van der Waals surface area contributed by atoms with E-state index in [2.05, 4.69) is 0 Å². The zero-order valence-electron chi connectivity index (χ0n) is 34.2. The highest BCUT2D eigenvalue weighted by Crippen LogP contribution is 2.99. The summed E-state index contributed by atoms with van der Waals surface area (Å²) < 4.78 is 28.2. The van der Waals surface area contributed by atoms with Crippen molar-refractivity contribution in [2.45, 2.75) is 69.7 Å². The number of carbonyl (C=O) groups is 5. The van der Waals surface area contributed by atoms with Crippen LogP contribution in [0.15, 0.2) is 114 Å². The summed E-state index contributed by atoms with van der Waals surface area (Å²) in [4.78, 5) is 77.0. The predicted molar refractivity (Wildman–Crippen MR) is 220 cm³/mol. The van der Waals surface area contributed by atoms with Gasteiger partial charge >= 0.3 is 18.0 Å². The van der Waals surface area contributed by atoms with Crippen LogP contribution in [0.3, 0.4) is 0 Å². The van der Waals surface area contributed by atoms with Crippen molar-refractivity contribution in [3.05, 3.63) is 132 Å². The second kappa shape index (κ2) is 15.0. The summed E-state index contributed by atoms with van der Waals surface area (Å²) >= 11 is 0. The van der Waals surface area contributed by atoms with Crippen LogP contribution in [-0.4, -0.2) is 76.5 Å². The second-order valence-electron chi connectivity index (χ2n) is 16.4. The van der Waals surface area contributed by atoms with E-state index in [1.165, 1.54) is 23.2 Å². The molecule has 4 fully saturated rings. The fourth-order valence-electron chi connectivity index (χ4n) is 10.3. The Morgan fingerprint density at radius 3 is 2.26 bits per heavy atom. The number of rotatable bonds is 14. The van der Waals surface area contributed by atoms with Crippen LogP contribution in [0, 0.1) is 17.3 Å². The monoisotopic (exact) mass is 826 g/mol. The molecule has 9 rings (SSSR count). The van der Waals surface area contributed by atoms with Gasteiger partial charge in [0, 0.05) is 34.9 Å². The first-order valence-corrected chi connectivity index (χ1v) is 20.3. The Morgan fingerprint density at radius 1 is 0.852 bits per heavy atom. The number of methoxy groups -OCH3 is 2. The van der Waals surface area contributed by atoms with Gasteiger partial charge in [-0.15, -0.1) is 0 Å². The number of hydrogen-bond donors (Lipinski definition) is 1. The summed E-state index contributed by atoms with van der Waals surface area (Å²) in [6.07, 6.45) is 0.774. The molecule has 14 heteroatoms. The molecule has 2 N–H and O–H groups in total. The van der Waals surface area contributed by atoms with Crippen LogP contribution in [0.25, 0.3) is 10.8 Å². The van der Waals surface area contributed by atoms with Crippen LogP contribution in [0.4, 0.5) is 10.5 Å². The third kappa shape index (κ3) is 5.86. The molecule has 2 aliphatic heterocycles. The number of nitrogens with zero attached hydrogens (tertiary/aromatic N) is 3. The Bertz CT molecular complexity index is 2540. The number of amides is 3. The number of likely N-dealkylation sites (tertiary alicyclic amines) is 1. The maximum Gasteiger partial charge on any atom is 0.412 e. The van der Waals surface area contributed by atoms with Gasteiger partial charge in [0.1, 0.15) is 48.3 Å². The molecule has 4 aromatic carbocycles. The van der Waals surface area contributed by atoms with Crippen LogP contribution in [0.2, 0.25) is 0 Å². The van der Waals surface area contributed by atoms with Crippen LogP contribution in [0.1, 0.15) is 61.0 Å². The zero-order valence-corrected chi connectivity index (χ0v) is 34.2. The number of carbonyl (C=O) groups excluding carboxylic acids is 5. The molecule has 1 spiro atoms. The molecule has 5 aromatic rings. The minimum absolute atomic E-state index is 0.0285. The van der Waals surface area contributed by atoms with Gasteiger partial charge in [0.15, 0.2) is 0 Å². The molecule has 3 amide bonds. The highest BCUT2D eigenvalue weighted by molar-refractivity contribution is 6.10. The van der Waals surface area contributed by atoms with Gasteiger partial charge < -0.3 is 34.0 Å². The number of esters is 2. The number of anilines is 1. The lowest BCUT2D eigenvalue weighted by Crippen LogP contribution is -2.76. The topological polar surface area (TPSA) is 171 Å². The van der Waals surface area contributed by atoms with Crippen molar-refractivity contribution in [2.75, 3.05) is 20.0 Å². The number of furan rings is 1. The summed E-state index contributed by atoms with van der Waals surface area (Å²) in [5.74, 6) is -2.59. The van der Waals surface area contributed by atoms with Gasteiger partial charge in [-0.1, -0.05) is 86.6 Å². The van der Waals surface area contributed by atoms with Gasteiger partial charge in [0.25, 0.3) is 0 Å². The molecule has 314 valence electrons. The Kier molecular flexibility index (Phi) is 9.75. The molecule has 61 heavy (non-hydrogen) atoms. The predicted octanol–water partition coefficient (Wildman–Crippen LogP) is 6.55. The van der Waals surface area contributed by atoms with Crippen molar-refractivity contribution in [2.24, 2.45) is 17.3 Å². The van der Waals surface area contributed by atoms with E-state index in [9.17, 15) is 19.2 Å². The first kappa shape index (κ1) is 39.6. The van der Waals surface area contributed by atoms with E-state index >= 15 is 4.79 Å². The average molecular weight is 827 g/mol. The maximum absolute atomic E-state index is 15.7. The van der Waals surface area contributed by atoms with E-state index in [4.69, 9.17) is 29.1 Å². The number of benzene rings is 4. The van der Waals surface area contributed by atoms with Crippen molar-refractivity contribution in [3.8, 4) is 5.75 Å². The highest BCUT2D eigenvalue weighted by atomic mass is 16.6. The SMILES string of the molecule is COC(=O)[C@@H](C(C)C)N1C(=O)[C@@]23C(c4ccoc4)[C@H]2[C@]13N1C(=O)C(CCC(=O)OCc2ccccc2)N(C(=O)OCc2cccc(N)c2)C1c1cccc2c(OC)cccc12. The summed E-state index contributed by atoms with van der Waals surface area (Å²) in [6.45, 7) is 3.50. The van der Waals surface area contributed by atoms with Crippen LogP contribution < -0.4 is 10.5 Å². The fourth-order valence-corrected chi connectivity index (χ4v) is 10.3. The summed E-state index contributed by atoms with van der Waals surface area (Å²) in [5.41, 5.74) is 6.85. The molecule has 3 heterocycles. The molecular weight excluding hydrogens is 781 g/mol. The van der Waals surface area contributed by atoms with Gasteiger partial charge in [-0.3, -0.25) is 24.2 Å². The lowest BCUT2D eigenvalue weighted by molar-refractivity contribution is -0.200. The van der Waals surface area contributed by atoms with Crippen molar-refractivity contribution >= 4 is 46.3 Å². The van der Waals surface area contributed by atoms with E-state index in [0.717, 1.165) is 16.5 Å². The zero-order chi connectivity index (χ0) is 42.8. The normalized spacial score (nSPS) is 25.1. The number of hydrogen-bond acceptors (Lipinski definition) is 11. The Morgan fingerprint density at radius 2 is 1.57 bits per heavy atom. The van der Waals surface area contributed by atoms with Gasteiger partial charge in [-0.25, -0.2) is 9.59 Å². The number of β-lactam (4-membered cyclic amide) rings is 1. The molecule has 7 atom stereocenters. The lowest BCUT2D eigenvalue weighted by atomic mass is 9.78. The molecule has 14 nitrogen and oxygen atoms in total. The van der Waals surface area contributed by atoms with Crippen molar-refractivity contribution in [3.63, 3.8) is 0 Å². The van der Waals surface area contributed by atoms with Crippen molar-refractivity contribution in [1.82, 2.24) is 14.7 Å². The third-order valence-corrected chi connectivity index (χ3v) is 12.9. The number of nitrogens with two attached hydrogens (primary N) is 1. The van der Waals surface area contributed by atoms with Gasteiger partial charge in [-0.05, 0) is 58.7 Å². The van der Waals surface area contributed by atoms with E-state index in [-0.39, 0.29) is 37.9 Å². The quantitative estimate of drug-likeness (QED) is 0.0558. The van der Waals surface area contributed by atoms with Crippen LogP contribution in [0.5, 0.6) is 5.75 Å². The molecule has 2 saturated carbocycles. The van der Waals surface area contributed by atoms with Gasteiger partial charge in [-0.2, -0.15) is 0 Å². The first-order valence-electron chi connectivity index (χ1n) is 20.3. The first-order chi connectivity index (χ1) is 29.5. The Hall–Kier alpha value is -6.83. The summed E-state index contributed by atoms with van der Waals surface area (Å²) in [5, 5.41) is 1.40. The molecule has 4 aliphatic rings. The van der Waals surface area contributed by atoms with E-state index in [1.807, 2.05) is 80.6 Å². The van der Waals surface area contributed by atoms with E-state index < -0.39 is 65.1 Å². The van der Waals surface area contributed by atoms with Gasteiger partial charge in [0.05, 0.1) is 26.7 Å². The Balaban J connectivity index is 1.19. The minimum Gasteiger partial charge on any atom is -0.496 e. The standard InChI is InChI=1S/C47H46N4O10/c1-27(2)39(43(54)58-4)50-44(55)46-38(30-21-22-59-26-30)40(46)47(46,50)51-41(34-17-9-16-33-32(34)15-10-18-36(33)57-3)49(45(56)61-25-29-13-8-14-31(48)23-29)35(42(51)53)19-20-37(52)60-24-28-11-6-5-7-12-28/h5-18,21-23,26-27,35,38-41H,19-20,24-25,48H2,1-4H3/t35?,38?,39-,40-,41?,46-,47-/m1/s1. The third-order valence-electron chi connectivity index (χ3n) is 12.9. The van der Waals surface area contributed by atoms with E-state index in [1.54, 1.807) is 48.6 Å². The second-order valence-corrected chi connectivity index (χ2v) is 16.4. The van der Waals surface area contributed by atoms with Crippen LogP contribution >= 0.6 is 0 Å². The summed E-state index contributed by atoms with van der Waals surface area (Å²) in [7, 11) is 2.83. The largest absolute Gasteiger partial charge is 0.496 e. The molecule has 2 saturated heterocycles. The lowest BCUT2D eigenvalue weighted by Gasteiger charge is -2.58. The number of ether oxygens (including phenoxy) is 4. The van der Waals surface area contributed by atoms with E-state index in [0.29, 0.717) is 28.0 Å². The molecule has 0 bridgehead atoms.